The van der Waals surface area contributed by atoms with Crippen molar-refractivity contribution in [1.82, 2.24) is 10.2 Å². The number of unbranched alkanes of at least 4 members (excludes halogenated alkanes) is 1. The van der Waals surface area contributed by atoms with Crippen LogP contribution in [0.25, 0.3) is 0 Å². The Morgan fingerprint density at radius 2 is 2.04 bits per heavy atom. The molecule has 0 aliphatic carbocycles. The molecule has 0 saturated carbocycles. The molecule has 1 aliphatic rings. The number of nitrogens with zero attached hydrogens (tertiary/aromatic N) is 1. The number of hydrogen-bond acceptors (Lipinski definition) is 4. The Labute approximate surface area is 137 Å². The van der Waals surface area contributed by atoms with Crippen molar-refractivity contribution >= 4 is 18.0 Å². The second-order valence-corrected chi connectivity index (χ2v) is 6.02. The molecule has 0 aromatic rings. The number of ether oxygens (including phenoxy) is 1. The lowest BCUT2D eigenvalue weighted by molar-refractivity contribution is -0.149. The van der Waals surface area contributed by atoms with E-state index < -0.39 is 24.1 Å². The van der Waals surface area contributed by atoms with Crippen LogP contribution in [-0.2, 0) is 14.3 Å². The smallest absolute Gasteiger partial charge is 0.407 e. The van der Waals surface area contributed by atoms with Crippen molar-refractivity contribution in [2.24, 2.45) is 5.92 Å². The summed E-state index contributed by atoms with van der Waals surface area (Å²) >= 11 is 0. The number of rotatable bonds is 8. The molecule has 0 radical (unpaired) electrons. The minimum Gasteiger partial charge on any atom is -0.480 e. The van der Waals surface area contributed by atoms with Crippen LogP contribution in [0, 0.1) is 5.92 Å². The molecule has 1 fully saturated rings. The molecular weight excluding hydrogens is 300 g/mol. The van der Waals surface area contributed by atoms with Crippen molar-refractivity contribution in [2.45, 2.75) is 65.0 Å². The molecule has 2 N–H and O–H groups in total. The van der Waals surface area contributed by atoms with Gasteiger partial charge in [0.2, 0.25) is 5.91 Å². The van der Waals surface area contributed by atoms with Gasteiger partial charge in [0.1, 0.15) is 12.1 Å². The monoisotopic (exact) mass is 328 g/mol. The molecule has 0 bridgehead atoms. The standard InChI is InChI=1S/C16H28N2O5/c1-4-6-10-23-16(22)17-13(11(3)5-2)14(19)18-9-7-8-12(18)15(20)21/h11-13H,4-10H2,1-3H3,(H,17,22)(H,20,21)/t11?,12-,13-/m0/s1. The molecule has 1 unspecified atom stereocenters. The molecule has 0 aromatic carbocycles. The third kappa shape index (κ3) is 5.41. The van der Waals surface area contributed by atoms with E-state index in [1.807, 2.05) is 20.8 Å². The van der Waals surface area contributed by atoms with E-state index in [9.17, 15) is 19.5 Å². The van der Waals surface area contributed by atoms with E-state index in [2.05, 4.69) is 5.32 Å². The first-order valence-electron chi connectivity index (χ1n) is 8.38. The Morgan fingerprint density at radius 1 is 1.35 bits per heavy atom. The average molecular weight is 328 g/mol. The molecule has 3 atom stereocenters. The molecule has 0 spiro atoms. The van der Waals surface area contributed by atoms with Gasteiger partial charge in [0.15, 0.2) is 0 Å². The summed E-state index contributed by atoms with van der Waals surface area (Å²) in [6, 6.07) is -1.55. The van der Waals surface area contributed by atoms with Crippen LogP contribution in [0.1, 0.15) is 52.9 Å². The summed E-state index contributed by atoms with van der Waals surface area (Å²) in [6.45, 7) is 6.50. The van der Waals surface area contributed by atoms with Crippen molar-refractivity contribution in [3.63, 3.8) is 0 Å². The van der Waals surface area contributed by atoms with Gasteiger partial charge in [0.25, 0.3) is 0 Å². The topological polar surface area (TPSA) is 95.9 Å². The number of carboxylic acids is 1. The van der Waals surface area contributed by atoms with Gasteiger partial charge in [0, 0.05) is 6.54 Å². The van der Waals surface area contributed by atoms with Crippen LogP contribution in [0.15, 0.2) is 0 Å². The number of aliphatic carboxylic acids is 1. The zero-order valence-corrected chi connectivity index (χ0v) is 14.2. The Hall–Kier alpha value is -1.79. The highest BCUT2D eigenvalue weighted by Gasteiger charge is 2.39. The van der Waals surface area contributed by atoms with E-state index in [4.69, 9.17) is 4.74 Å². The highest BCUT2D eigenvalue weighted by Crippen LogP contribution is 2.21. The summed E-state index contributed by atoms with van der Waals surface area (Å²) in [7, 11) is 0. The van der Waals surface area contributed by atoms with Crippen LogP contribution in [0.2, 0.25) is 0 Å². The van der Waals surface area contributed by atoms with Crippen LogP contribution >= 0.6 is 0 Å². The second-order valence-electron chi connectivity index (χ2n) is 6.02. The fourth-order valence-corrected chi connectivity index (χ4v) is 2.63. The van der Waals surface area contributed by atoms with Crippen molar-refractivity contribution < 1.29 is 24.2 Å². The Bertz CT molecular complexity index is 427. The molecule has 1 saturated heterocycles. The lowest BCUT2D eigenvalue weighted by atomic mass is 9.97. The van der Waals surface area contributed by atoms with E-state index in [0.29, 0.717) is 32.4 Å². The van der Waals surface area contributed by atoms with Gasteiger partial charge in [-0.1, -0.05) is 33.6 Å². The van der Waals surface area contributed by atoms with E-state index in [1.54, 1.807) is 0 Å². The molecule has 7 nitrogen and oxygen atoms in total. The van der Waals surface area contributed by atoms with Crippen molar-refractivity contribution in [3.05, 3.63) is 0 Å². The number of carbonyl (C=O) groups excluding carboxylic acids is 2. The molecule has 132 valence electrons. The first-order chi connectivity index (χ1) is 10.9. The van der Waals surface area contributed by atoms with Gasteiger partial charge >= 0.3 is 12.1 Å². The Kier molecular flexibility index (Phi) is 7.85. The summed E-state index contributed by atoms with van der Waals surface area (Å²) in [5, 5.41) is 11.8. The van der Waals surface area contributed by atoms with Gasteiger partial charge in [-0.15, -0.1) is 0 Å². The first kappa shape index (κ1) is 19.3. The molecule has 2 amide bonds. The van der Waals surface area contributed by atoms with E-state index >= 15 is 0 Å². The van der Waals surface area contributed by atoms with Crippen LogP contribution < -0.4 is 5.32 Å². The van der Waals surface area contributed by atoms with Gasteiger partial charge < -0.3 is 20.1 Å². The lowest BCUT2D eigenvalue weighted by Gasteiger charge is -2.30. The highest BCUT2D eigenvalue weighted by atomic mass is 16.5. The molecule has 7 heteroatoms. The summed E-state index contributed by atoms with van der Waals surface area (Å²) < 4.78 is 5.06. The number of amides is 2. The predicted molar refractivity (Wildman–Crippen MR) is 85.0 cm³/mol. The number of nitrogens with one attached hydrogen (secondary N) is 1. The zero-order chi connectivity index (χ0) is 17.4. The summed E-state index contributed by atoms with van der Waals surface area (Å²) in [6.07, 6.45) is 2.87. The van der Waals surface area contributed by atoms with Crippen molar-refractivity contribution in [3.8, 4) is 0 Å². The number of hydrogen-bond donors (Lipinski definition) is 2. The molecule has 1 aliphatic heterocycles. The molecule has 0 aromatic heterocycles. The van der Waals surface area contributed by atoms with Gasteiger partial charge in [-0.25, -0.2) is 9.59 Å². The summed E-state index contributed by atoms with van der Waals surface area (Å²) in [5.41, 5.74) is 0. The van der Waals surface area contributed by atoms with Crippen molar-refractivity contribution in [2.75, 3.05) is 13.2 Å². The third-order valence-corrected chi connectivity index (χ3v) is 4.30. The van der Waals surface area contributed by atoms with Crippen LogP contribution in [0.5, 0.6) is 0 Å². The minimum absolute atomic E-state index is 0.101. The minimum atomic E-state index is -0.996. The Morgan fingerprint density at radius 3 is 2.61 bits per heavy atom. The number of carbonyl (C=O) groups is 3. The zero-order valence-electron chi connectivity index (χ0n) is 14.2. The maximum absolute atomic E-state index is 12.7. The summed E-state index contributed by atoms with van der Waals surface area (Å²) in [4.78, 5) is 37.2. The lowest BCUT2D eigenvalue weighted by Crippen LogP contribution is -2.54. The van der Waals surface area contributed by atoms with Crippen LogP contribution in [0.4, 0.5) is 4.79 Å². The summed E-state index contributed by atoms with van der Waals surface area (Å²) in [5.74, 6) is -1.43. The average Bonchev–Trinajstić information content (AvgIpc) is 3.01. The van der Waals surface area contributed by atoms with E-state index in [-0.39, 0.29) is 11.8 Å². The Balaban J connectivity index is 2.75. The first-order valence-corrected chi connectivity index (χ1v) is 8.38. The number of carboxylic acid groups (broad SMARTS) is 1. The highest BCUT2D eigenvalue weighted by molar-refractivity contribution is 5.90. The third-order valence-electron chi connectivity index (χ3n) is 4.30. The van der Waals surface area contributed by atoms with Gasteiger partial charge in [0.05, 0.1) is 6.61 Å². The van der Waals surface area contributed by atoms with Gasteiger partial charge in [-0.2, -0.15) is 0 Å². The normalized spacial score (nSPS) is 20.0. The fourth-order valence-electron chi connectivity index (χ4n) is 2.63. The number of alkyl carbamates (subject to hydrolysis) is 1. The molecule has 23 heavy (non-hydrogen) atoms. The van der Waals surface area contributed by atoms with Gasteiger partial charge in [-0.05, 0) is 25.2 Å². The fraction of sp³-hybridized carbons (Fsp3) is 0.812. The molecular formula is C16H28N2O5. The van der Waals surface area contributed by atoms with Crippen molar-refractivity contribution in [1.29, 1.82) is 0 Å². The molecule has 1 heterocycles. The predicted octanol–water partition coefficient (Wildman–Crippen LogP) is 2.00. The second kappa shape index (κ2) is 9.37. The SMILES string of the molecule is CCCCOC(=O)N[C@H](C(=O)N1CCC[C@H]1C(=O)O)C(C)CC. The maximum Gasteiger partial charge on any atom is 0.407 e. The van der Waals surface area contributed by atoms with E-state index in [0.717, 1.165) is 12.8 Å². The van der Waals surface area contributed by atoms with Crippen LogP contribution in [0.3, 0.4) is 0 Å². The van der Waals surface area contributed by atoms with E-state index in [1.165, 1.54) is 4.90 Å². The quantitative estimate of drug-likeness (QED) is 0.664. The largest absolute Gasteiger partial charge is 0.480 e. The maximum atomic E-state index is 12.7. The number of likely N-dealkylation sites (tertiary alicyclic amines) is 1. The molecule has 1 rings (SSSR count). The van der Waals surface area contributed by atoms with Gasteiger partial charge in [-0.3, -0.25) is 4.79 Å². The van der Waals surface area contributed by atoms with Crippen LogP contribution in [-0.4, -0.2) is 53.2 Å².